The lowest BCUT2D eigenvalue weighted by molar-refractivity contribution is 0.232. The Morgan fingerprint density at radius 1 is 1.30 bits per heavy atom. The average Bonchev–Trinajstić information content (AvgIpc) is 2.51. The lowest BCUT2D eigenvalue weighted by atomic mass is 10.1. The van der Waals surface area contributed by atoms with Crippen LogP contribution in [0.4, 0.5) is 4.39 Å². The van der Waals surface area contributed by atoms with Crippen LogP contribution in [0, 0.1) is 5.82 Å². The van der Waals surface area contributed by atoms with Crippen LogP contribution < -0.4 is 4.72 Å². The van der Waals surface area contributed by atoms with Gasteiger partial charge in [-0.05, 0) is 38.1 Å². The Morgan fingerprint density at radius 3 is 2.65 bits per heavy atom. The van der Waals surface area contributed by atoms with E-state index in [9.17, 15) is 12.8 Å². The molecule has 1 aromatic rings. The first kappa shape index (κ1) is 18.6. The van der Waals surface area contributed by atoms with Crippen molar-refractivity contribution in [2.75, 3.05) is 33.2 Å². The topological polar surface area (TPSA) is 52.7 Å². The first-order valence-corrected chi connectivity index (χ1v) is 9.58. The van der Waals surface area contributed by atoms with Gasteiger partial charge in [-0.1, -0.05) is 24.1 Å². The molecule has 1 heterocycles. The lowest BCUT2D eigenvalue weighted by Gasteiger charge is -2.26. The predicted octanol–water partition coefficient (Wildman–Crippen LogP) is 2.23. The Hall–Kier alpha value is -0.730. The van der Waals surface area contributed by atoms with Crippen LogP contribution in [0.3, 0.4) is 0 Å². The maximum atomic E-state index is 13.8. The number of halogens is 2. The number of piperidine rings is 1. The van der Waals surface area contributed by atoms with E-state index in [0.717, 1.165) is 17.4 Å². The van der Waals surface area contributed by atoms with Gasteiger partial charge in [0.2, 0.25) is 0 Å². The summed E-state index contributed by atoms with van der Waals surface area (Å²) in [6.07, 6.45) is 3.57. The molecule has 0 radical (unpaired) electrons. The van der Waals surface area contributed by atoms with Crippen LogP contribution in [0.5, 0.6) is 0 Å². The van der Waals surface area contributed by atoms with Crippen LogP contribution in [0.15, 0.2) is 18.2 Å². The van der Waals surface area contributed by atoms with Gasteiger partial charge >= 0.3 is 0 Å². The van der Waals surface area contributed by atoms with E-state index in [0.29, 0.717) is 13.1 Å². The number of benzene rings is 1. The van der Waals surface area contributed by atoms with Crippen molar-refractivity contribution in [1.29, 1.82) is 0 Å². The van der Waals surface area contributed by atoms with Gasteiger partial charge < -0.3 is 4.90 Å². The van der Waals surface area contributed by atoms with Gasteiger partial charge in [-0.2, -0.15) is 12.7 Å². The maximum absolute atomic E-state index is 13.8. The monoisotopic (exact) mass is 363 g/mol. The van der Waals surface area contributed by atoms with Gasteiger partial charge in [0.05, 0.1) is 0 Å². The molecule has 1 aromatic carbocycles. The second-order valence-corrected chi connectivity index (χ2v) is 8.03. The third-order valence-electron chi connectivity index (χ3n) is 4.01. The van der Waals surface area contributed by atoms with E-state index < -0.39 is 16.0 Å². The van der Waals surface area contributed by atoms with Gasteiger partial charge in [0.25, 0.3) is 10.2 Å². The summed E-state index contributed by atoms with van der Waals surface area (Å²) < 4.78 is 41.9. The molecule has 0 atom stereocenters. The third kappa shape index (κ3) is 5.39. The van der Waals surface area contributed by atoms with Gasteiger partial charge in [0, 0.05) is 37.3 Å². The third-order valence-corrected chi connectivity index (χ3v) is 5.89. The fourth-order valence-electron chi connectivity index (χ4n) is 2.62. The van der Waals surface area contributed by atoms with E-state index in [4.69, 9.17) is 11.6 Å². The van der Waals surface area contributed by atoms with Gasteiger partial charge in [-0.3, -0.25) is 0 Å². The van der Waals surface area contributed by atoms with E-state index in [2.05, 4.69) is 9.62 Å². The SMILES string of the molecule is CN(Cc1c(F)cccc1Cl)S(=O)(=O)NCCN1CCCCC1. The summed E-state index contributed by atoms with van der Waals surface area (Å²) in [6, 6.07) is 4.31. The zero-order chi connectivity index (χ0) is 16.9. The number of hydrogen-bond donors (Lipinski definition) is 1. The average molecular weight is 364 g/mol. The summed E-state index contributed by atoms with van der Waals surface area (Å²) in [5, 5.41) is 0.223. The number of hydrogen-bond acceptors (Lipinski definition) is 3. The maximum Gasteiger partial charge on any atom is 0.279 e. The summed E-state index contributed by atoms with van der Waals surface area (Å²) in [5.41, 5.74) is 0.179. The second-order valence-electron chi connectivity index (χ2n) is 5.76. The van der Waals surface area contributed by atoms with Gasteiger partial charge in [-0.15, -0.1) is 0 Å². The molecule has 8 heteroatoms. The summed E-state index contributed by atoms with van der Waals surface area (Å²) in [5.74, 6) is -0.507. The minimum absolute atomic E-state index is 0.107. The quantitative estimate of drug-likeness (QED) is 0.808. The Morgan fingerprint density at radius 2 is 2.00 bits per heavy atom. The van der Waals surface area contributed by atoms with Gasteiger partial charge in [0.15, 0.2) is 0 Å². The smallest absolute Gasteiger partial charge is 0.279 e. The van der Waals surface area contributed by atoms with Crippen LogP contribution in [0.1, 0.15) is 24.8 Å². The summed E-state index contributed by atoms with van der Waals surface area (Å²) >= 11 is 5.94. The van der Waals surface area contributed by atoms with Crippen molar-refractivity contribution in [3.8, 4) is 0 Å². The van der Waals surface area contributed by atoms with Crippen molar-refractivity contribution in [2.45, 2.75) is 25.8 Å². The minimum Gasteiger partial charge on any atom is -0.302 e. The predicted molar refractivity (Wildman–Crippen MR) is 90.1 cm³/mol. The standard InChI is InChI=1S/C15H23ClFN3O2S/c1-19(12-13-14(16)6-5-7-15(13)17)23(21,22)18-8-11-20-9-3-2-4-10-20/h5-7,18H,2-4,8-12H2,1H3. The molecule has 130 valence electrons. The molecule has 5 nitrogen and oxygen atoms in total. The molecule has 23 heavy (non-hydrogen) atoms. The minimum atomic E-state index is -3.66. The fraction of sp³-hybridized carbons (Fsp3) is 0.600. The highest BCUT2D eigenvalue weighted by atomic mass is 35.5. The van der Waals surface area contributed by atoms with Crippen LogP contribution in [-0.2, 0) is 16.8 Å². The van der Waals surface area contributed by atoms with E-state index >= 15 is 0 Å². The summed E-state index contributed by atoms with van der Waals surface area (Å²) in [6.45, 7) is 2.96. The Balaban J connectivity index is 1.88. The van der Waals surface area contributed by atoms with E-state index in [1.165, 1.54) is 38.4 Å². The first-order valence-electron chi connectivity index (χ1n) is 7.76. The largest absolute Gasteiger partial charge is 0.302 e. The normalized spacial score (nSPS) is 16.9. The molecule has 0 aliphatic carbocycles. The van der Waals surface area contributed by atoms with E-state index in [-0.39, 0.29) is 17.1 Å². The Kier molecular flexibility index (Phi) is 6.79. The van der Waals surface area contributed by atoms with Crippen LogP contribution in [-0.4, -0.2) is 50.8 Å². The van der Waals surface area contributed by atoms with Crippen molar-refractivity contribution in [3.05, 3.63) is 34.6 Å². The molecule has 0 aromatic heterocycles. The molecule has 0 unspecified atom stereocenters. The molecule has 0 amide bonds. The number of rotatable bonds is 7. The molecular weight excluding hydrogens is 341 g/mol. The van der Waals surface area contributed by atoms with Crippen molar-refractivity contribution >= 4 is 21.8 Å². The lowest BCUT2D eigenvalue weighted by Crippen LogP contribution is -2.42. The van der Waals surface area contributed by atoms with E-state index in [1.807, 2.05) is 0 Å². The zero-order valence-electron chi connectivity index (χ0n) is 13.3. The highest BCUT2D eigenvalue weighted by Crippen LogP contribution is 2.21. The molecule has 0 saturated carbocycles. The summed E-state index contributed by atoms with van der Waals surface area (Å²) in [7, 11) is -2.25. The Labute approximate surface area is 142 Å². The first-order chi connectivity index (χ1) is 10.9. The molecule has 1 saturated heterocycles. The molecule has 0 bridgehead atoms. The van der Waals surface area contributed by atoms with Gasteiger partial charge in [-0.25, -0.2) is 9.11 Å². The van der Waals surface area contributed by atoms with Crippen molar-refractivity contribution < 1.29 is 12.8 Å². The van der Waals surface area contributed by atoms with Crippen LogP contribution in [0.25, 0.3) is 0 Å². The highest BCUT2D eigenvalue weighted by Gasteiger charge is 2.20. The molecule has 2 rings (SSSR count). The second kappa shape index (κ2) is 8.39. The van der Waals surface area contributed by atoms with Crippen molar-refractivity contribution in [2.24, 2.45) is 0 Å². The van der Waals surface area contributed by atoms with Crippen LogP contribution in [0.2, 0.25) is 5.02 Å². The molecule has 1 aliphatic heterocycles. The van der Waals surface area contributed by atoms with Crippen molar-refractivity contribution in [3.63, 3.8) is 0 Å². The highest BCUT2D eigenvalue weighted by molar-refractivity contribution is 7.87. The molecule has 1 aliphatic rings. The molecule has 1 N–H and O–H groups in total. The van der Waals surface area contributed by atoms with Gasteiger partial charge in [0.1, 0.15) is 5.82 Å². The van der Waals surface area contributed by atoms with E-state index in [1.54, 1.807) is 6.07 Å². The Bertz CT molecular complexity index is 601. The summed E-state index contributed by atoms with van der Waals surface area (Å²) in [4.78, 5) is 2.25. The number of nitrogens with zero attached hydrogens (tertiary/aromatic N) is 2. The molecule has 1 fully saturated rings. The number of nitrogens with one attached hydrogen (secondary N) is 1. The van der Waals surface area contributed by atoms with Crippen LogP contribution >= 0.6 is 11.6 Å². The fourth-order valence-corrected chi connectivity index (χ4v) is 3.71. The van der Waals surface area contributed by atoms with Crippen molar-refractivity contribution in [1.82, 2.24) is 13.9 Å². The number of likely N-dealkylation sites (tertiary alicyclic amines) is 1. The molecular formula is C15H23ClFN3O2S. The zero-order valence-corrected chi connectivity index (χ0v) is 14.8. The molecule has 0 spiro atoms.